The molecule has 0 radical (unpaired) electrons. The Morgan fingerprint density at radius 3 is 2.65 bits per heavy atom. The van der Waals surface area contributed by atoms with Crippen molar-refractivity contribution >= 4 is 11.8 Å². The maximum Gasteiger partial charge on any atom is 0.195 e. The van der Waals surface area contributed by atoms with Crippen LogP contribution >= 0.6 is 11.8 Å². The summed E-state index contributed by atoms with van der Waals surface area (Å²) in [6.45, 7) is 4.56. The van der Waals surface area contributed by atoms with E-state index < -0.39 is 0 Å². The lowest BCUT2D eigenvalue weighted by atomic mass is 10.1. The van der Waals surface area contributed by atoms with E-state index >= 15 is 0 Å². The van der Waals surface area contributed by atoms with E-state index in [0.29, 0.717) is 6.54 Å². The molecule has 0 amide bonds. The average molecular weight is 248 g/mol. The van der Waals surface area contributed by atoms with Crippen LogP contribution in [0.3, 0.4) is 0 Å². The van der Waals surface area contributed by atoms with Gasteiger partial charge in [0.1, 0.15) is 5.82 Å². The summed E-state index contributed by atoms with van der Waals surface area (Å²) < 4.78 is 1.98. The number of hydrogen-bond donors (Lipinski definition) is 1. The van der Waals surface area contributed by atoms with Crippen LogP contribution in [0.2, 0.25) is 0 Å². The van der Waals surface area contributed by atoms with Crippen molar-refractivity contribution in [3.8, 4) is 0 Å². The monoisotopic (exact) mass is 248 g/mol. The minimum absolute atomic E-state index is 0.541. The molecule has 0 saturated heterocycles. The van der Waals surface area contributed by atoms with Crippen LogP contribution in [0.4, 0.5) is 0 Å². The maximum absolute atomic E-state index is 5.74. The summed E-state index contributed by atoms with van der Waals surface area (Å²) >= 11 is 1.61. The summed E-state index contributed by atoms with van der Waals surface area (Å²) in [7, 11) is 1.97. The van der Waals surface area contributed by atoms with Gasteiger partial charge in [-0.15, -0.1) is 10.2 Å². The van der Waals surface area contributed by atoms with Gasteiger partial charge >= 0.3 is 0 Å². The first kappa shape index (κ1) is 12.1. The van der Waals surface area contributed by atoms with Crippen LogP contribution in [0.5, 0.6) is 0 Å². The summed E-state index contributed by atoms with van der Waals surface area (Å²) in [6.07, 6.45) is 0. The van der Waals surface area contributed by atoms with Gasteiger partial charge in [-0.2, -0.15) is 0 Å². The standard InChI is InChI=1S/C12H16N4S/c1-8-4-5-10(7-13)11(6-8)17-12-15-14-9(2)16(12)3/h4-6H,7,13H2,1-3H3. The maximum atomic E-state index is 5.74. The van der Waals surface area contributed by atoms with Crippen LogP contribution < -0.4 is 5.73 Å². The van der Waals surface area contributed by atoms with Crippen molar-refractivity contribution in [1.82, 2.24) is 14.8 Å². The zero-order valence-electron chi connectivity index (χ0n) is 10.3. The molecule has 4 nitrogen and oxygen atoms in total. The predicted molar refractivity (Wildman–Crippen MR) is 68.9 cm³/mol. The summed E-state index contributed by atoms with van der Waals surface area (Å²) in [4.78, 5) is 1.16. The summed E-state index contributed by atoms with van der Waals surface area (Å²) in [6, 6.07) is 6.28. The van der Waals surface area contributed by atoms with Crippen LogP contribution in [0.25, 0.3) is 0 Å². The fraction of sp³-hybridized carbons (Fsp3) is 0.333. The van der Waals surface area contributed by atoms with Crippen molar-refractivity contribution in [3.05, 3.63) is 35.2 Å². The van der Waals surface area contributed by atoms with Gasteiger partial charge in [0.25, 0.3) is 0 Å². The van der Waals surface area contributed by atoms with E-state index in [1.54, 1.807) is 11.8 Å². The largest absolute Gasteiger partial charge is 0.326 e. The first-order valence-corrected chi connectivity index (χ1v) is 6.27. The Hall–Kier alpha value is -1.33. The highest BCUT2D eigenvalue weighted by molar-refractivity contribution is 7.99. The van der Waals surface area contributed by atoms with Gasteiger partial charge in [-0.1, -0.05) is 12.1 Å². The fourth-order valence-electron chi connectivity index (χ4n) is 1.50. The Morgan fingerprint density at radius 1 is 1.29 bits per heavy atom. The summed E-state index contributed by atoms with van der Waals surface area (Å²) in [5.41, 5.74) is 8.11. The molecule has 2 N–H and O–H groups in total. The van der Waals surface area contributed by atoms with Crippen molar-refractivity contribution in [2.45, 2.75) is 30.4 Å². The molecule has 0 aliphatic carbocycles. The highest BCUT2D eigenvalue weighted by Crippen LogP contribution is 2.29. The van der Waals surface area contributed by atoms with Gasteiger partial charge in [0.15, 0.2) is 5.16 Å². The molecule has 1 aromatic heterocycles. The second-order valence-corrected chi connectivity index (χ2v) is 5.02. The first-order valence-electron chi connectivity index (χ1n) is 5.45. The number of rotatable bonds is 3. The highest BCUT2D eigenvalue weighted by Gasteiger charge is 2.09. The fourth-order valence-corrected chi connectivity index (χ4v) is 2.58. The third-order valence-electron chi connectivity index (χ3n) is 2.70. The quantitative estimate of drug-likeness (QED) is 0.903. The topological polar surface area (TPSA) is 56.7 Å². The second-order valence-electron chi connectivity index (χ2n) is 4.01. The first-order chi connectivity index (χ1) is 8.11. The highest BCUT2D eigenvalue weighted by atomic mass is 32.2. The molecule has 2 rings (SSSR count). The normalized spacial score (nSPS) is 10.8. The molecule has 2 aromatic rings. The van der Waals surface area contributed by atoms with E-state index in [1.807, 2.05) is 18.5 Å². The van der Waals surface area contributed by atoms with Crippen molar-refractivity contribution in [2.75, 3.05) is 0 Å². The van der Waals surface area contributed by atoms with E-state index in [-0.39, 0.29) is 0 Å². The molecule has 0 spiro atoms. The number of nitrogens with two attached hydrogens (primary N) is 1. The van der Waals surface area contributed by atoms with Gasteiger partial charge < -0.3 is 10.3 Å². The third-order valence-corrected chi connectivity index (χ3v) is 3.83. The summed E-state index contributed by atoms with van der Waals surface area (Å²) in [5.74, 6) is 0.912. The molecule has 0 bridgehead atoms. The number of hydrogen-bond acceptors (Lipinski definition) is 4. The Labute approximate surface area is 105 Å². The molecule has 0 aliphatic rings. The molecule has 0 aliphatic heterocycles. The van der Waals surface area contributed by atoms with E-state index in [4.69, 9.17) is 5.73 Å². The molecular weight excluding hydrogens is 232 g/mol. The molecule has 17 heavy (non-hydrogen) atoms. The molecule has 1 aromatic carbocycles. The van der Waals surface area contributed by atoms with Crippen LogP contribution in [-0.2, 0) is 13.6 Å². The van der Waals surface area contributed by atoms with E-state index in [0.717, 1.165) is 21.4 Å². The Morgan fingerprint density at radius 2 is 2.06 bits per heavy atom. The van der Waals surface area contributed by atoms with Crippen molar-refractivity contribution in [2.24, 2.45) is 12.8 Å². The molecular formula is C12H16N4S. The molecule has 0 saturated carbocycles. The zero-order chi connectivity index (χ0) is 12.4. The van der Waals surface area contributed by atoms with Gasteiger partial charge in [0, 0.05) is 18.5 Å². The number of nitrogens with zero attached hydrogens (tertiary/aromatic N) is 3. The van der Waals surface area contributed by atoms with Crippen LogP contribution in [-0.4, -0.2) is 14.8 Å². The van der Waals surface area contributed by atoms with Crippen molar-refractivity contribution in [1.29, 1.82) is 0 Å². The molecule has 5 heteroatoms. The predicted octanol–water partition coefficient (Wildman–Crippen LogP) is 2.04. The van der Waals surface area contributed by atoms with Gasteiger partial charge in [-0.05, 0) is 42.8 Å². The lowest BCUT2D eigenvalue weighted by Gasteiger charge is -2.08. The SMILES string of the molecule is Cc1ccc(CN)c(Sc2nnc(C)n2C)c1. The van der Waals surface area contributed by atoms with Crippen molar-refractivity contribution < 1.29 is 0 Å². The van der Waals surface area contributed by atoms with Crippen LogP contribution in [0.15, 0.2) is 28.3 Å². The minimum Gasteiger partial charge on any atom is -0.326 e. The lowest BCUT2D eigenvalue weighted by Crippen LogP contribution is -2.00. The Kier molecular flexibility index (Phi) is 3.49. The Balaban J connectivity index is 2.35. The van der Waals surface area contributed by atoms with Crippen LogP contribution in [0, 0.1) is 13.8 Å². The molecule has 0 fully saturated rings. The van der Waals surface area contributed by atoms with Gasteiger partial charge in [-0.3, -0.25) is 0 Å². The molecule has 1 heterocycles. The van der Waals surface area contributed by atoms with Crippen molar-refractivity contribution in [3.63, 3.8) is 0 Å². The number of benzene rings is 1. The van der Waals surface area contributed by atoms with Gasteiger partial charge in [0.05, 0.1) is 0 Å². The lowest BCUT2D eigenvalue weighted by molar-refractivity contribution is 0.765. The molecule has 90 valence electrons. The average Bonchev–Trinajstić information content (AvgIpc) is 2.61. The Bertz CT molecular complexity index is 533. The third kappa shape index (κ3) is 2.50. The number of aromatic nitrogens is 3. The smallest absolute Gasteiger partial charge is 0.195 e. The van der Waals surface area contributed by atoms with Crippen LogP contribution in [0.1, 0.15) is 17.0 Å². The van der Waals surface area contributed by atoms with E-state index in [9.17, 15) is 0 Å². The minimum atomic E-state index is 0.541. The second kappa shape index (κ2) is 4.89. The van der Waals surface area contributed by atoms with Gasteiger partial charge in [-0.25, -0.2) is 0 Å². The molecule has 0 atom stereocenters. The number of aryl methyl sites for hydroxylation is 2. The van der Waals surface area contributed by atoms with Gasteiger partial charge in [0.2, 0.25) is 0 Å². The van der Waals surface area contributed by atoms with E-state index in [2.05, 4.69) is 35.3 Å². The zero-order valence-corrected chi connectivity index (χ0v) is 11.1. The summed E-state index contributed by atoms with van der Waals surface area (Å²) in [5, 5.41) is 9.09. The molecule has 0 unspecified atom stereocenters. The van der Waals surface area contributed by atoms with E-state index in [1.165, 1.54) is 5.56 Å².